The molecule has 0 radical (unpaired) electrons. The molecule has 8 heteroatoms. The molecule has 2 heterocycles. The van der Waals surface area contributed by atoms with Crippen LogP contribution in [0.5, 0.6) is 0 Å². The smallest absolute Gasteiger partial charge is 0.331 e. The molecule has 0 atom stereocenters. The molecule has 2 aromatic rings. The highest BCUT2D eigenvalue weighted by molar-refractivity contribution is 14.1. The fourth-order valence-electron chi connectivity index (χ4n) is 0.934. The number of aromatic amines is 1. The first-order chi connectivity index (χ1) is 6.48. The number of nitrogens with one attached hydrogen (secondary N) is 1. The van der Waals surface area contributed by atoms with Crippen molar-refractivity contribution in [3.05, 3.63) is 15.9 Å². The Labute approximate surface area is 89.1 Å². The molecule has 0 fully saturated rings. The van der Waals surface area contributed by atoms with Gasteiger partial charge in [-0.1, -0.05) is 0 Å². The van der Waals surface area contributed by atoms with Crippen molar-refractivity contribution in [2.75, 3.05) is 0 Å². The molecular formula is C6H2F3IN4. The highest BCUT2D eigenvalue weighted by atomic mass is 127. The van der Waals surface area contributed by atoms with E-state index < -0.39 is 12.0 Å². The van der Waals surface area contributed by atoms with E-state index in [1.54, 1.807) is 0 Å². The lowest BCUT2D eigenvalue weighted by molar-refractivity contribution is -0.144. The maximum atomic E-state index is 12.2. The molecule has 14 heavy (non-hydrogen) atoms. The van der Waals surface area contributed by atoms with E-state index in [0.29, 0.717) is 3.70 Å². The summed E-state index contributed by atoms with van der Waals surface area (Å²) in [5.41, 5.74) is 0.233. The Morgan fingerprint density at radius 1 is 1.29 bits per heavy atom. The van der Waals surface area contributed by atoms with E-state index in [-0.39, 0.29) is 11.2 Å². The van der Waals surface area contributed by atoms with E-state index in [4.69, 9.17) is 0 Å². The fourth-order valence-corrected chi connectivity index (χ4v) is 1.43. The zero-order valence-corrected chi connectivity index (χ0v) is 8.59. The van der Waals surface area contributed by atoms with Crippen molar-refractivity contribution in [2.45, 2.75) is 6.18 Å². The number of hydrogen-bond acceptors (Lipinski definition) is 3. The predicted octanol–water partition coefficient (Wildman–Crippen LogP) is 1.98. The second-order valence-electron chi connectivity index (χ2n) is 2.45. The molecule has 0 saturated heterocycles. The number of H-pyrrole nitrogens is 1. The summed E-state index contributed by atoms with van der Waals surface area (Å²) >= 11 is 1.81. The average Bonchev–Trinajstić information content (AvgIpc) is 2.48. The van der Waals surface area contributed by atoms with Gasteiger partial charge >= 0.3 is 6.18 Å². The highest BCUT2D eigenvalue weighted by Gasteiger charge is 2.35. The molecule has 2 aromatic heterocycles. The zero-order valence-electron chi connectivity index (χ0n) is 6.43. The number of halogens is 4. The van der Waals surface area contributed by atoms with Gasteiger partial charge in [-0.2, -0.15) is 13.2 Å². The second kappa shape index (κ2) is 3.04. The molecule has 0 bridgehead atoms. The lowest BCUT2D eigenvalue weighted by Gasteiger charge is -1.98. The number of aromatic nitrogens is 4. The molecule has 0 aliphatic heterocycles. The van der Waals surface area contributed by atoms with Crippen molar-refractivity contribution in [3.63, 3.8) is 0 Å². The van der Waals surface area contributed by atoms with Crippen molar-refractivity contribution in [1.82, 2.24) is 19.9 Å². The molecule has 74 valence electrons. The summed E-state index contributed by atoms with van der Waals surface area (Å²) in [5.74, 6) is -1.05. The molecule has 1 N–H and O–H groups in total. The quantitative estimate of drug-likeness (QED) is 0.597. The molecule has 2 rings (SSSR count). The van der Waals surface area contributed by atoms with Crippen molar-refractivity contribution in [2.24, 2.45) is 0 Å². The first-order valence-electron chi connectivity index (χ1n) is 3.42. The zero-order chi connectivity index (χ0) is 10.3. The summed E-state index contributed by atoms with van der Waals surface area (Å²) in [5, 5.41) is 0. The number of fused-ring (bicyclic) bond motifs is 1. The minimum absolute atomic E-state index is 0.0247. The van der Waals surface area contributed by atoms with Gasteiger partial charge in [0.1, 0.15) is 15.5 Å². The first-order valence-corrected chi connectivity index (χ1v) is 4.50. The monoisotopic (exact) mass is 314 g/mol. The van der Waals surface area contributed by atoms with Crippen LogP contribution in [-0.4, -0.2) is 19.9 Å². The maximum absolute atomic E-state index is 12.2. The van der Waals surface area contributed by atoms with Gasteiger partial charge in [-0.3, -0.25) is 0 Å². The maximum Gasteiger partial charge on any atom is 0.449 e. The second-order valence-corrected chi connectivity index (χ2v) is 3.47. The van der Waals surface area contributed by atoms with Crippen LogP contribution in [0.4, 0.5) is 13.2 Å². The van der Waals surface area contributed by atoms with Crippen molar-refractivity contribution in [1.29, 1.82) is 0 Å². The van der Waals surface area contributed by atoms with Gasteiger partial charge in [0.05, 0.1) is 0 Å². The Morgan fingerprint density at radius 3 is 2.57 bits per heavy atom. The summed E-state index contributed by atoms with van der Waals surface area (Å²) in [6.07, 6.45) is -3.31. The van der Waals surface area contributed by atoms with Crippen LogP contribution < -0.4 is 0 Å². The van der Waals surface area contributed by atoms with Gasteiger partial charge in [-0.05, 0) is 22.6 Å². The Hall–Kier alpha value is -0.930. The number of rotatable bonds is 0. The van der Waals surface area contributed by atoms with E-state index in [0.717, 1.165) is 0 Å². The van der Waals surface area contributed by atoms with Crippen molar-refractivity contribution < 1.29 is 13.2 Å². The Bertz CT molecular complexity index is 477. The fraction of sp³-hybridized carbons (Fsp3) is 0.167. The molecule has 0 aromatic carbocycles. The van der Waals surface area contributed by atoms with Gasteiger partial charge < -0.3 is 4.98 Å². The van der Waals surface area contributed by atoms with Gasteiger partial charge in [-0.25, -0.2) is 15.0 Å². The van der Waals surface area contributed by atoms with Crippen LogP contribution in [0.25, 0.3) is 11.2 Å². The van der Waals surface area contributed by atoms with Gasteiger partial charge in [0, 0.05) is 0 Å². The Balaban J connectivity index is 2.69. The van der Waals surface area contributed by atoms with Crippen LogP contribution in [0.3, 0.4) is 0 Å². The molecular weight excluding hydrogens is 312 g/mol. The summed E-state index contributed by atoms with van der Waals surface area (Å²) < 4.78 is 37.1. The van der Waals surface area contributed by atoms with Crippen LogP contribution in [0.1, 0.15) is 5.82 Å². The van der Waals surface area contributed by atoms with Gasteiger partial charge in [0.25, 0.3) is 0 Å². The summed E-state index contributed by atoms with van der Waals surface area (Å²) in [6.45, 7) is 0. The van der Waals surface area contributed by atoms with Crippen LogP contribution in [0.15, 0.2) is 6.33 Å². The van der Waals surface area contributed by atoms with Crippen molar-refractivity contribution >= 4 is 33.8 Å². The van der Waals surface area contributed by atoms with Gasteiger partial charge in [-0.15, -0.1) is 0 Å². The van der Waals surface area contributed by atoms with E-state index in [1.165, 1.54) is 6.33 Å². The third-order valence-electron chi connectivity index (χ3n) is 1.51. The first kappa shape index (κ1) is 9.62. The number of nitrogens with zero attached hydrogens (tertiary/aromatic N) is 3. The normalized spacial score (nSPS) is 12.3. The average molecular weight is 314 g/mol. The summed E-state index contributed by atoms with van der Waals surface area (Å²) in [7, 11) is 0. The lowest BCUT2D eigenvalue weighted by atomic mass is 10.6. The standard InChI is InChI=1S/C6H2F3IN4/c7-6(8,9)5-13-2-3(10)11-1-12-4(2)14-5/h1H,(H,11,12,13,14). The lowest BCUT2D eigenvalue weighted by Crippen LogP contribution is -2.06. The summed E-state index contributed by atoms with van der Waals surface area (Å²) in [4.78, 5) is 12.8. The van der Waals surface area contributed by atoms with E-state index in [2.05, 4.69) is 19.9 Å². The van der Waals surface area contributed by atoms with Crippen LogP contribution in [0.2, 0.25) is 0 Å². The topological polar surface area (TPSA) is 54.5 Å². The third-order valence-corrected chi connectivity index (χ3v) is 2.33. The van der Waals surface area contributed by atoms with E-state index in [1.807, 2.05) is 22.6 Å². The molecule has 0 saturated carbocycles. The molecule has 4 nitrogen and oxygen atoms in total. The minimum Gasteiger partial charge on any atom is -0.331 e. The Morgan fingerprint density at radius 2 is 2.00 bits per heavy atom. The van der Waals surface area contributed by atoms with Crippen LogP contribution in [-0.2, 0) is 6.18 Å². The van der Waals surface area contributed by atoms with Gasteiger partial charge in [0.15, 0.2) is 5.65 Å². The largest absolute Gasteiger partial charge is 0.449 e. The SMILES string of the molecule is FC(F)(F)c1nc2ncnc(I)c2[nH]1. The minimum atomic E-state index is -4.48. The number of hydrogen-bond donors (Lipinski definition) is 1. The van der Waals surface area contributed by atoms with Gasteiger partial charge in [0.2, 0.25) is 5.82 Å². The molecule has 0 spiro atoms. The van der Waals surface area contributed by atoms with E-state index >= 15 is 0 Å². The van der Waals surface area contributed by atoms with Crippen LogP contribution in [0, 0.1) is 3.70 Å². The van der Waals surface area contributed by atoms with E-state index in [9.17, 15) is 13.2 Å². The molecule has 0 amide bonds. The third kappa shape index (κ3) is 1.53. The highest BCUT2D eigenvalue weighted by Crippen LogP contribution is 2.28. The summed E-state index contributed by atoms with van der Waals surface area (Å²) in [6, 6.07) is 0. The molecule has 0 aliphatic rings. The predicted molar refractivity (Wildman–Crippen MR) is 49.4 cm³/mol. The molecule has 0 aliphatic carbocycles. The van der Waals surface area contributed by atoms with Crippen LogP contribution >= 0.6 is 22.6 Å². The Kier molecular flexibility index (Phi) is 2.09. The number of imidazole rings is 1. The van der Waals surface area contributed by atoms with Crippen molar-refractivity contribution in [3.8, 4) is 0 Å². The number of alkyl halides is 3. The molecule has 0 unspecified atom stereocenters.